The molecule has 0 spiro atoms. The molecule has 192 valence electrons. The van der Waals surface area contributed by atoms with Crippen molar-refractivity contribution in [2.75, 3.05) is 5.75 Å². The van der Waals surface area contributed by atoms with E-state index in [0.717, 1.165) is 6.54 Å². The smallest absolute Gasteiger partial charge is 0.229 e. The third-order valence-corrected chi connectivity index (χ3v) is 7.92. The van der Waals surface area contributed by atoms with Crippen LogP contribution in [0.25, 0.3) is 11.4 Å². The summed E-state index contributed by atoms with van der Waals surface area (Å²) in [6, 6.07) is 11.0. The largest absolute Gasteiger partial charge is 0.300 e. The van der Waals surface area contributed by atoms with Crippen molar-refractivity contribution in [1.82, 2.24) is 3.97 Å². The molecule has 0 atom stereocenters. The van der Waals surface area contributed by atoms with Crippen LogP contribution in [-0.2, 0) is 6.54 Å². The fourth-order valence-corrected chi connectivity index (χ4v) is 5.75. The Bertz CT molecular complexity index is 709. The van der Waals surface area contributed by atoms with Crippen LogP contribution in [0.1, 0.15) is 129 Å². The molecular weight excluding hydrogens is 432 g/mol. The van der Waals surface area contributed by atoms with Gasteiger partial charge in [-0.25, -0.2) is 4.57 Å². The number of hydrogen-bond donors (Lipinski definition) is 0. The first kappa shape index (κ1) is 29.0. The van der Waals surface area contributed by atoms with E-state index in [1.54, 1.807) is 0 Å². The summed E-state index contributed by atoms with van der Waals surface area (Å²) in [6.07, 6.45) is 29.7. The molecule has 0 bridgehead atoms. The van der Waals surface area contributed by atoms with E-state index in [1.807, 2.05) is 11.9 Å². The zero-order valence-corrected chi connectivity index (χ0v) is 23.3. The second-order valence-electron chi connectivity index (χ2n) is 10.00. The highest BCUT2D eigenvalue weighted by molar-refractivity contribution is 7.97. The Morgan fingerprint density at radius 1 is 0.618 bits per heavy atom. The van der Waals surface area contributed by atoms with E-state index in [-0.39, 0.29) is 0 Å². The summed E-state index contributed by atoms with van der Waals surface area (Å²) in [5, 5.41) is 0. The second kappa shape index (κ2) is 20.0. The normalized spacial score (nSPS) is 11.4. The first-order valence-electron chi connectivity index (χ1n) is 14.7. The molecule has 2 rings (SSSR count). The fourth-order valence-electron chi connectivity index (χ4n) is 4.74. The molecule has 0 aliphatic heterocycles. The lowest BCUT2D eigenvalue weighted by Gasteiger charge is -2.06. The lowest BCUT2D eigenvalue weighted by molar-refractivity contribution is -0.685. The fraction of sp³-hybridized carbons (Fsp3) is 0.710. The molecule has 1 aromatic carbocycles. The van der Waals surface area contributed by atoms with Gasteiger partial charge in [-0.1, -0.05) is 128 Å². The molecule has 0 N–H and O–H groups in total. The molecule has 1 heterocycles. The zero-order chi connectivity index (χ0) is 24.1. The van der Waals surface area contributed by atoms with E-state index in [4.69, 9.17) is 0 Å². The molecule has 2 aromatic rings. The van der Waals surface area contributed by atoms with Crippen LogP contribution in [0.15, 0.2) is 42.7 Å². The Morgan fingerprint density at radius 3 is 1.68 bits per heavy atom. The highest BCUT2D eigenvalue weighted by Gasteiger charge is 2.19. The number of aryl methyl sites for hydroxylation is 1. The maximum absolute atomic E-state index is 2.48. The van der Waals surface area contributed by atoms with Crippen LogP contribution < -0.4 is 4.57 Å². The Labute approximate surface area is 216 Å². The van der Waals surface area contributed by atoms with Gasteiger partial charge < -0.3 is 0 Å². The summed E-state index contributed by atoms with van der Waals surface area (Å²) in [7, 11) is 0. The summed E-state index contributed by atoms with van der Waals surface area (Å²) in [4.78, 5) is 0. The van der Waals surface area contributed by atoms with Crippen LogP contribution in [-0.4, -0.2) is 9.73 Å². The van der Waals surface area contributed by atoms with Gasteiger partial charge in [0.1, 0.15) is 12.4 Å². The van der Waals surface area contributed by atoms with E-state index in [0.29, 0.717) is 0 Å². The van der Waals surface area contributed by atoms with Crippen molar-refractivity contribution in [2.45, 2.75) is 136 Å². The molecule has 2 nitrogen and oxygen atoms in total. The van der Waals surface area contributed by atoms with E-state index in [1.165, 1.54) is 133 Å². The highest BCUT2D eigenvalue weighted by Crippen LogP contribution is 2.22. The van der Waals surface area contributed by atoms with Crippen molar-refractivity contribution in [3.8, 4) is 11.4 Å². The van der Waals surface area contributed by atoms with Gasteiger partial charge in [0.2, 0.25) is 0 Å². The number of aromatic nitrogens is 2. The molecule has 0 saturated heterocycles. The first-order chi connectivity index (χ1) is 16.9. The number of rotatable bonds is 22. The minimum Gasteiger partial charge on any atom is -0.229 e. The number of nitrogens with zero attached hydrogens (tertiary/aromatic N) is 2. The van der Waals surface area contributed by atoms with Crippen LogP contribution in [0.3, 0.4) is 0 Å². The lowest BCUT2D eigenvalue weighted by atomic mass is 10.1. The van der Waals surface area contributed by atoms with Crippen molar-refractivity contribution >= 4 is 11.9 Å². The van der Waals surface area contributed by atoms with Gasteiger partial charge in [-0.3, -0.25) is 0 Å². The maximum Gasteiger partial charge on any atom is 0.300 e. The Balaban J connectivity index is 1.70. The predicted octanol–water partition coefficient (Wildman–Crippen LogP) is 10.0. The van der Waals surface area contributed by atoms with Crippen molar-refractivity contribution in [1.29, 1.82) is 0 Å². The maximum atomic E-state index is 2.48. The summed E-state index contributed by atoms with van der Waals surface area (Å²) < 4.78 is 4.91. The van der Waals surface area contributed by atoms with E-state index in [9.17, 15) is 0 Å². The van der Waals surface area contributed by atoms with Gasteiger partial charge in [0.25, 0.3) is 0 Å². The van der Waals surface area contributed by atoms with Crippen LogP contribution in [0.4, 0.5) is 0 Å². The quantitative estimate of drug-likeness (QED) is 0.119. The minimum absolute atomic E-state index is 1.13. The van der Waals surface area contributed by atoms with E-state index < -0.39 is 0 Å². The van der Waals surface area contributed by atoms with Crippen molar-refractivity contribution in [2.24, 2.45) is 0 Å². The van der Waals surface area contributed by atoms with Crippen molar-refractivity contribution in [3.63, 3.8) is 0 Å². The average Bonchev–Trinajstić information content (AvgIpc) is 3.27. The molecule has 0 aliphatic rings. The molecule has 0 amide bonds. The monoisotopic (exact) mass is 485 g/mol. The summed E-state index contributed by atoms with van der Waals surface area (Å²) >= 11 is 1.99. The molecule has 3 heteroatoms. The zero-order valence-electron chi connectivity index (χ0n) is 22.5. The van der Waals surface area contributed by atoms with Gasteiger partial charge in [-0.15, -0.1) is 0 Å². The molecule has 0 aliphatic carbocycles. The number of hydrogen-bond acceptors (Lipinski definition) is 1. The molecule has 0 fully saturated rings. The number of imidazole rings is 1. The molecule has 1 aromatic heterocycles. The van der Waals surface area contributed by atoms with Gasteiger partial charge in [0, 0.05) is 5.75 Å². The Morgan fingerprint density at radius 2 is 1.12 bits per heavy atom. The van der Waals surface area contributed by atoms with Gasteiger partial charge in [-0.05, 0) is 31.4 Å². The van der Waals surface area contributed by atoms with Crippen molar-refractivity contribution in [3.05, 3.63) is 42.7 Å². The predicted molar refractivity (Wildman–Crippen MR) is 152 cm³/mol. The van der Waals surface area contributed by atoms with E-state index in [2.05, 4.69) is 65.1 Å². The molecule has 0 radical (unpaired) electrons. The average molecular weight is 486 g/mol. The van der Waals surface area contributed by atoms with Gasteiger partial charge in [0.15, 0.2) is 0 Å². The standard InChI is InChI=1S/C31H53N2S/c1-3-5-7-9-11-13-14-16-18-23-29-34-33-28-27-32(31(33)30-24-20-19-21-25-30)26-22-17-15-12-10-8-6-4-2/h19-21,24-25,27-28H,3-18,22-23,26,29H2,1-2H3/q+1. The van der Waals surface area contributed by atoms with Gasteiger partial charge >= 0.3 is 5.82 Å². The van der Waals surface area contributed by atoms with E-state index >= 15 is 0 Å². The Kier molecular flexibility index (Phi) is 17.1. The number of benzene rings is 1. The van der Waals surface area contributed by atoms with Crippen LogP contribution >= 0.6 is 11.9 Å². The van der Waals surface area contributed by atoms with Crippen LogP contribution in [0.2, 0.25) is 0 Å². The third kappa shape index (κ3) is 12.5. The third-order valence-electron chi connectivity index (χ3n) is 6.88. The van der Waals surface area contributed by atoms with Gasteiger partial charge in [-0.2, -0.15) is 3.97 Å². The minimum atomic E-state index is 1.13. The van der Waals surface area contributed by atoms with Crippen LogP contribution in [0, 0.1) is 0 Å². The van der Waals surface area contributed by atoms with Crippen molar-refractivity contribution < 1.29 is 4.57 Å². The summed E-state index contributed by atoms with van der Waals surface area (Å²) in [5.41, 5.74) is 1.34. The molecular formula is C31H53N2S+. The SMILES string of the molecule is CCCCCCCCCCCCSn1cc[n+](CCCCCCCCCC)c1-c1ccccc1. The first-order valence-corrected chi connectivity index (χ1v) is 15.6. The lowest BCUT2D eigenvalue weighted by Crippen LogP contribution is -2.34. The molecule has 34 heavy (non-hydrogen) atoms. The summed E-state index contributed by atoms with van der Waals surface area (Å²) in [5.74, 6) is 2.57. The Hall–Kier alpha value is -1.22. The van der Waals surface area contributed by atoms with Crippen LogP contribution in [0.5, 0.6) is 0 Å². The van der Waals surface area contributed by atoms with Gasteiger partial charge in [0.05, 0.1) is 24.1 Å². The number of unbranched alkanes of at least 4 members (excludes halogenated alkanes) is 16. The molecule has 0 saturated carbocycles. The topological polar surface area (TPSA) is 8.81 Å². The highest BCUT2D eigenvalue weighted by atomic mass is 32.2. The summed E-state index contributed by atoms with van der Waals surface area (Å²) in [6.45, 7) is 5.72. The second-order valence-corrected chi connectivity index (χ2v) is 11.1. The molecule has 0 unspecified atom stereocenters.